The van der Waals surface area contributed by atoms with Crippen molar-refractivity contribution in [3.05, 3.63) is 24.3 Å². The standard InChI is InChI=1S/C31H51N3O7/c1-5-6-7-8-12-21-37-23-31-28(40-30(2,3)41-31)27(38-29(35)33-24-13-15-25(36-4)16-14-24)26(39-31)22-32-17-20-34-18-10-9-11-19-34/h13-16,26-28,32H,5-12,17-23H2,1-4H3,(H,33,35)/t26-,27+,28-,31-/m0/s1. The highest BCUT2D eigenvalue weighted by molar-refractivity contribution is 5.84. The van der Waals surface area contributed by atoms with E-state index in [9.17, 15) is 4.79 Å². The first-order valence-electron chi connectivity index (χ1n) is 15.5. The van der Waals surface area contributed by atoms with Crippen LogP contribution < -0.4 is 15.4 Å². The van der Waals surface area contributed by atoms with Gasteiger partial charge in [0.15, 0.2) is 18.0 Å². The molecule has 4 rings (SSSR count). The van der Waals surface area contributed by atoms with Crippen molar-refractivity contribution in [3.8, 4) is 5.75 Å². The first kappa shape index (κ1) is 32.0. The van der Waals surface area contributed by atoms with Gasteiger partial charge in [-0.15, -0.1) is 0 Å². The Bertz CT molecular complexity index is 925. The number of amides is 1. The number of carbonyl (C=O) groups excluding carboxylic acids is 1. The number of hydrogen-bond acceptors (Lipinski definition) is 9. The number of rotatable bonds is 16. The number of fused-ring (bicyclic) bond motifs is 1. The predicted octanol–water partition coefficient (Wildman–Crippen LogP) is 4.92. The fraction of sp³-hybridized carbons (Fsp3) is 0.774. The Kier molecular flexibility index (Phi) is 12.1. The third kappa shape index (κ3) is 9.27. The highest BCUT2D eigenvalue weighted by atomic mass is 16.9. The van der Waals surface area contributed by atoms with Crippen LogP contribution in [0.3, 0.4) is 0 Å². The van der Waals surface area contributed by atoms with Gasteiger partial charge < -0.3 is 38.6 Å². The van der Waals surface area contributed by atoms with Crippen LogP contribution in [0.4, 0.5) is 10.5 Å². The molecule has 0 aliphatic carbocycles. The number of unbranched alkanes of at least 4 members (excludes halogenated alkanes) is 4. The Morgan fingerprint density at radius 2 is 1.80 bits per heavy atom. The largest absolute Gasteiger partial charge is 0.497 e. The van der Waals surface area contributed by atoms with Crippen LogP contribution in [0.15, 0.2) is 24.3 Å². The summed E-state index contributed by atoms with van der Waals surface area (Å²) in [6.07, 6.45) is 7.25. The number of methoxy groups -OCH3 is 1. The molecular formula is C31H51N3O7. The Labute approximate surface area is 245 Å². The molecule has 41 heavy (non-hydrogen) atoms. The van der Waals surface area contributed by atoms with E-state index >= 15 is 0 Å². The number of anilines is 1. The Hall–Kier alpha value is -1.95. The molecule has 0 unspecified atom stereocenters. The average molecular weight is 578 g/mol. The Morgan fingerprint density at radius 1 is 1.05 bits per heavy atom. The monoisotopic (exact) mass is 577 g/mol. The van der Waals surface area contributed by atoms with Gasteiger partial charge in [0.2, 0.25) is 5.79 Å². The molecule has 4 atom stereocenters. The molecule has 0 saturated carbocycles. The molecule has 0 bridgehead atoms. The first-order chi connectivity index (χ1) is 19.8. The van der Waals surface area contributed by atoms with Crippen LogP contribution in [0.25, 0.3) is 0 Å². The molecule has 232 valence electrons. The minimum Gasteiger partial charge on any atom is -0.497 e. The van der Waals surface area contributed by atoms with Crippen molar-refractivity contribution < 1.29 is 33.2 Å². The van der Waals surface area contributed by atoms with E-state index in [1.54, 1.807) is 31.4 Å². The number of nitrogens with one attached hydrogen (secondary N) is 2. The molecular weight excluding hydrogens is 526 g/mol. The van der Waals surface area contributed by atoms with Crippen LogP contribution in [-0.4, -0.2) is 93.9 Å². The van der Waals surface area contributed by atoms with Gasteiger partial charge in [0.1, 0.15) is 18.5 Å². The smallest absolute Gasteiger partial charge is 0.412 e. The Morgan fingerprint density at radius 3 is 2.54 bits per heavy atom. The van der Waals surface area contributed by atoms with Gasteiger partial charge in [-0.3, -0.25) is 5.32 Å². The quantitative estimate of drug-likeness (QED) is 0.265. The van der Waals surface area contributed by atoms with Crippen LogP contribution >= 0.6 is 0 Å². The van der Waals surface area contributed by atoms with Gasteiger partial charge in [-0.1, -0.05) is 39.0 Å². The number of likely N-dealkylation sites (tertiary alicyclic amines) is 1. The van der Waals surface area contributed by atoms with Crippen LogP contribution in [0.1, 0.15) is 72.1 Å². The molecule has 3 fully saturated rings. The van der Waals surface area contributed by atoms with Crippen LogP contribution in [-0.2, 0) is 23.7 Å². The first-order valence-corrected chi connectivity index (χ1v) is 15.5. The third-order valence-electron chi connectivity index (χ3n) is 7.95. The summed E-state index contributed by atoms with van der Waals surface area (Å²) >= 11 is 0. The molecule has 3 aliphatic heterocycles. The maximum absolute atomic E-state index is 13.1. The lowest BCUT2D eigenvalue weighted by Gasteiger charge is -2.29. The van der Waals surface area contributed by atoms with E-state index in [1.165, 1.54) is 38.5 Å². The van der Waals surface area contributed by atoms with E-state index in [2.05, 4.69) is 22.5 Å². The molecule has 2 N–H and O–H groups in total. The lowest BCUT2D eigenvalue weighted by Crippen LogP contribution is -2.46. The highest BCUT2D eigenvalue weighted by Gasteiger charge is 2.66. The van der Waals surface area contributed by atoms with Gasteiger partial charge in [-0.25, -0.2) is 4.79 Å². The molecule has 1 aromatic rings. The minimum atomic E-state index is -1.16. The van der Waals surface area contributed by atoms with E-state index in [4.69, 9.17) is 28.4 Å². The fourth-order valence-corrected chi connectivity index (χ4v) is 5.89. The van der Waals surface area contributed by atoms with E-state index in [0.717, 1.165) is 39.0 Å². The number of hydrogen-bond donors (Lipinski definition) is 2. The predicted molar refractivity (Wildman–Crippen MR) is 157 cm³/mol. The zero-order valence-corrected chi connectivity index (χ0v) is 25.5. The molecule has 3 heterocycles. The summed E-state index contributed by atoms with van der Waals surface area (Å²) in [5.74, 6) is -1.36. The lowest BCUT2D eigenvalue weighted by atomic mass is 10.1. The van der Waals surface area contributed by atoms with Crippen molar-refractivity contribution in [2.24, 2.45) is 0 Å². The zero-order valence-electron chi connectivity index (χ0n) is 25.5. The van der Waals surface area contributed by atoms with Crippen molar-refractivity contribution in [1.29, 1.82) is 0 Å². The molecule has 0 spiro atoms. The number of ether oxygens (including phenoxy) is 6. The van der Waals surface area contributed by atoms with Gasteiger partial charge in [0.05, 0.1) is 7.11 Å². The van der Waals surface area contributed by atoms with Crippen molar-refractivity contribution in [1.82, 2.24) is 10.2 Å². The van der Waals surface area contributed by atoms with Crippen molar-refractivity contribution in [2.75, 3.05) is 58.4 Å². The summed E-state index contributed by atoms with van der Waals surface area (Å²) < 4.78 is 36.6. The zero-order chi connectivity index (χ0) is 29.1. The van der Waals surface area contributed by atoms with Gasteiger partial charge in [0.25, 0.3) is 0 Å². The molecule has 0 aromatic heterocycles. The number of benzene rings is 1. The van der Waals surface area contributed by atoms with E-state index in [-0.39, 0.29) is 6.61 Å². The maximum Gasteiger partial charge on any atom is 0.412 e. The second-order valence-electron chi connectivity index (χ2n) is 11.8. The van der Waals surface area contributed by atoms with Crippen molar-refractivity contribution in [2.45, 2.75) is 102 Å². The third-order valence-corrected chi connectivity index (χ3v) is 7.95. The second-order valence-corrected chi connectivity index (χ2v) is 11.8. The molecule has 3 saturated heterocycles. The average Bonchev–Trinajstić information content (AvgIpc) is 3.37. The highest BCUT2D eigenvalue weighted by Crippen LogP contribution is 2.46. The fourth-order valence-electron chi connectivity index (χ4n) is 5.89. The summed E-state index contributed by atoms with van der Waals surface area (Å²) in [5.41, 5.74) is 0.604. The normalized spacial score (nSPS) is 27.5. The summed E-state index contributed by atoms with van der Waals surface area (Å²) in [7, 11) is 1.60. The second kappa shape index (κ2) is 15.5. The maximum atomic E-state index is 13.1. The number of piperidine rings is 1. The van der Waals surface area contributed by atoms with Gasteiger partial charge in [-0.2, -0.15) is 0 Å². The summed E-state index contributed by atoms with van der Waals surface area (Å²) in [4.78, 5) is 15.6. The van der Waals surface area contributed by atoms with E-state index < -0.39 is 36.0 Å². The summed E-state index contributed by atoms with van der Waals surface area (Å²) in [6.45, 7) is 11.3. The van der Waals surface area contributed by atoms with Gasteiger partial charge >= 0.3 is 6.09 Å². The molecule has 1 aromatic carbocycles. The molecule has 10 heteroatoms. The van der Waals surface area contributed by atoms with Crippen LogP contribution in [0.5, 0.6) is 5.75 Å². The van der Waals surface area contributed by atoms with Crippen molar-refractivity contribution in [3.63, 3.8) is 0 Å². The van der Waals surface area contributed by atoms with E-state index in [0.29, 0.717) is 24.6 Å². The van der Waals surface area contributed by atoms with Gasteiger partial charge in [-0.05, 0) is 70.5 Å². The molecule has 1 amide bonds. The summed E-state index contributed by atoms with van der Waals surface area (Å²) in [5, 5.41) is 6.33. The Balaban J connectivity index is 1.39. The SMILES string of the molecule is CCCCCCCOC[C@@]12O[C@@H](CNCCN3CCCCC3)[C@@H](OC(=O)Nc3ccc(OC)cc3)[C@@H]1OC(C)(C)O2. The number of carbonyl (C=O) groups is 1. The van der Waals surface area contributed by atoms with Crippen LogP contribution in [0.2, 0.25) is 0 Å². The van der Waals surface area contributed by atoms with E-state index in [1.807, 2.05) is 13.8 Å². The number of nitrogens with zero attached hydrogens (tertiary/aromatic N) is 1. The minimum absolute atomic E-state index is 0.207. The molecule has 10 nitrogen and oxygen atoms in total. The topological polar surface area (TPSA) is 99.8 Å². The molecule has 0 radical (unpaired) electrons. The van der Waals surface area contributed by atoms with Crippen LogP contribution in [0, 0.1) is 0 Å². The van der Waals surface area contributed by atoms with Crippen molar-refractivity contribution >= 4 is 11.8 Å². The lowest BCUT2D eigenvalue weighted by molar-refractivity contribution is -0.277. The molecule has 3 aliphatic rings. The van der Waals surface area contributed by atoms with Gasteiger partial charge in [0, 0.05) is 31.9 Å². The summed E-state index contributed by atoms with van der Waals surface area (Å²) in [6, 6.07) is 7.10.